The largest absolute Gasteiger partial charge is 0.332 e. The molecule has 2 rings (SSSR count). The van der Waals surface area contributed by atoms with Crippen molar-refractivity contribution in [2.75, 3.05) is 38.5 Å². The Morgan fingerprint density at radius 1 is 0.857 bits per heavy atom. The van der Waals surface area contributed by atoms with E-state index < -0.39 is 10.0 Å². The smallest absolute Gasteiger partial charge is 0.243 e. The third-order valence-electron chi connectivity index (χ3n) is 6.47. The van der Waals surface area contributed by atoms with Gasteiger partial charge in [0, 0.05) is 38.3 Å². The van der Waals surface area contributed by atoms with E-state index in [4.69, 9.17) is 12.2 Å². The minimum absolute atomic E-state index is 0.0901. The molecule has 1 aliphatic rings. The lowest BCUT2D eigenvalue weighted by atomic mass is 10.1. The Labute approximate surface area is 218 Å². The summed E-state index contributed by atoms with van der Waals surface area (Å²) in [5, 5.41) is 5.91. The van der Waals surface area contributed by atoms with Gasteiger partial charge >= 0.3 is 0 Å². The van der Waals surface area contributed by atoms with Crippen molar-refractivity contribution in [2.24, 2.45) is 0 Å². The van der Waals surface area contributed by atoms with Crippen LogP contribution in [0.2, 0.25) is 0 Å². The molecule has 35 heavy (non-hydrogen) atoms. The highest BCUT2D eigenvalue weighted by Crippen LogP contribution is 2.20. The predicted molar refractivity (Wildman–Crippen MR) is 148 cm³/mol. The molecule has 0 aromatic heterocycles. The van der Waals surface area contributed by atoms with Gasteiger partial charge < -0.3 is 15.5 Å². The van der Waals surface area contributed by atoms with E-state index in [2.05, 4.69) is 22.5 Å². The van der Waals surface area contributed by atoms with E-state index in [0.29, 0.717) is 25.2 Å². The molecule has 0 bridgehead atoms. The molecule has 0 aliphatic carbocycles. The van der Waals surface area contributed by atoms with E-state index in [9.17, 15) is 13.2 Å². The molecule has 0 spiro atoms. The summed E-state index contributed by atoms with van der Waals surface area (Å²) < 4.78 is 27.2. The van der Waals surface area contributed by atoms with Gasteiger partial charge in [-0.05, 0) is 50.0 Å². The molecule has 1 heterocycles. The van der Waals surface area contributed by atoms with Gasteiger partial charge in [0.25, 0.3) is 0 Å². The molecule has 198 valence electrons. The normalized spacial score (nSPS) is 15.1. The molecule has 1 aromatic rings. The number of carbonyl (C=O) groups is 1. The molecule has 1 saturated heterocycles. The molecule has 1 fully saturated rings. The Balaban J connectivity index is 1.60. The highest BCUT2D eigenvalue weighted by Gasteiger charge is 2.27. The first-order chi connectivity index (χ1) is 16.8. The fraction of sp³-hybridized carbons (Fsp3) is 0.692. The van der Waals surface area contributed by atoms with Gasteiger partial charge in [-0.25, -0.2) is 8.42 Å². The Bertz CT molecular complexity index is 867. The lowest BCUT2D eigenvalue weighted by Crippen LogP contribution is -2.46. The van der Waals surface area contributed by atoms with E-state index in [1.165, 1.54) is 62.1 Å². The highest BCUT2D eigenvalue weighted by atomic mass is 32.2. The fourth-order valence-electron chi connectivity index (χ4n) is 4.19. The zero-order chi connectivity index (χ0) is 25.5. The summed E-state index contributed by atoms with van der Waals surface area (Å²) in [6, 6.07) is 6.49. The van der Waals surface area contributed by atoms with Crippen LogP contribution in [0.4, 0.5) is 5.69 Å². The highest BCUT2D eigenvalue weighted by molar-refractivity contribution is 7.89. The molecule has 1 aliphatic heterocycles. The number of benzene rings is 1. The van der Waals surface area contributed by atoms with Crippen LogP contribution in [0.25, 0.3) is 0 Å². The number of rotatable bonds is 15. The second-order valence-electron chi connectivity index (χ2n) is 9.52. The fourth-order valence-corrected chi connectivity index (χ4v) is 5.84. The van der Waals surface area contributed by atoms with Crippen LogP contribution in [0.3, 0.4) is 0 Å². The standard InChI is InChI=1S/C26H44N4O3S2/c1-3-4-5-6-7-8-9-10-11-12-13-14-25(31)28-26(34)27-23-15-17-24(18-16-23)35(32,33)30-21-19-29(2)20-22-30/h15-18H,3-14,19-22H2,1-2H3,(H2,27,28,31,34). The molecule has 0 unspecified atom stereocenters. The summed E-state index contributed by atoms with van der Waals surface area (Å²) >= 11 is 5.25. The Hall–Kier alpha value is -1.55. The number of piperazine rings is 1. The second-order valence-corrected chi connectivity index (χ2v) is 11.9. The Morgan fingerprint density at radius 2 is 1.37 bits per heavy atom. The summed E-state index contributed by atoms with van der Waals surface area (Å²) in [5.41, 5.74) is 0.641. The molecule has 0 atom stereocenters. The molecule has 2 N–H and O–H groups in total. The molecular formula is C26H44N4O3S2. The third kappa shape index (κ3) is 11.4. The average molecular weight is 525 g/mol. The van der Waals surface area contributed by atoms with Gasteiger partial charge in [-0.3, -0.25) is 4.79 Å². The van der Waals surface area contributed by atoms with Crippen molar-refractivity contribution in [3.63, 3.8) is 0 Å². The molecule has 7 nitrogen and oxygen atoms in total. The third-order valence-corrected chi connectivity index (χ3v) is 8.59. The molecule has 0 radical (unpaired) electrons. The molecule has 1 amide bonds. The van der Waals surface area contributed by atoms with Crippen molar-refractivity contribution in [1.82, 2.24) is 14.5 Å². The number of amides is 1. The van der Waals surface area contributed by atoms with Gasteiger partial charge in [0.15, 0.2) is 5.11 Å². The SMILES string of the molecule is CCCCCCCCCCCCCC(=O)NC(=S)Nc1ccc(S(=O)(=O)N2CCN(C)CC2)cc1. The number of likely N-dealkylation sites (N-methyl/N-ethyl adjacent to an activating group) is 1. The van der Waals surface area contributed by atoms with Crippen LogP contribution in [0.5, 0.6) is 0 Å². The maximum Gasteiger partial charge on any atom is 0.243 e. The van der Waals surface area contributed by atoms with Crippen LogP contribution < -0.4 is 10.6 Å². The van der Waals surface area contributed by atoms with Gasteiger partial charge in [-0.1, -0.05) is 71.1 Å². The zero-order valence-corrected chi connectivity index (χ0v) is 23.2. The van der Waals surface area contributed by atoms with Crippen LogP contribution in [0.1, 0.15) is 84.0 Å². The van der Waals surface area contributed by atoms with Crippen LogP contribution >= 0.6 is 12.2 Å². The van der Waals surface area contributed by atoms with E-state index in [-0.39, 0.29) is 15.9 Å². The minimum Gasteiger partial charge on any atom is -0.332 e. The Kier molecular flexibility index (Phi) is 13.8. The number of hydrogen-bond acceptors (Lipinski definition) is 5. The number of hydrogen-bond donors (Lipinski definition) is 2. The van der Waals surface area contributed by atoms with Gasteiger partial charge in [0.2, 0.25) is 15.9 Å². The monoisotopic (exact) mass is 524 g/mol. The van der Waals surface area contributed by atoms with Crippen molar-refractivity contribution < 1.29 is 13.2 Å². The molecule has 0 saturated carbocycles. The number of unbranched alkanes of at least 4 members (excludes halogenated alkanes) is 10. The lowest BCUT2D eigenvalue weighted by Gasteiger charge is -2.31. The Morgan fingerprint density at radius 3 is 1.91 bits per heavy atom. The predicted octanol–water partition coefficient (Wildman–Crippen LogP) is 5.14. The zero-order valence-electron chi connectivity index (χ0n) is 21.6. The minimum atomic E-state index is -3.50. The summed E-state index contributed by atoms with van der Waals surface area (Å²) in [5.74, 6) is -0.0901. The van der Waals surface area contributed by atoms with Gasteiger partial charge in [-0.15, -0.1) is 0 Å². The number of nitrogens with zero attached hydrogens (tertiary/aromatic N) is 2. The first-order valence-corrected chi connectivity index (χ1v) is 15.1. The second kappa shape index (κ2) is 16.2. The van der Waals surface area contributed by atoms with Gasteiger partial charge in [-0.2, -0.15) is 4.31 Å². The number of thiocarbonyl (C=S) groups is 1. The van der Waals surface area contributed by atoms with E-state index in [1.807, 2.05) is 7.05 Å². The van der Waals surface area contributed by atoms with Crippen LogP contribution in [-0.4, -0.2) is 61.9 Å². The number of carbonyl (C=O) groups excluding carboxylic acids is 1. The van der Waals surface area contributed by atoms with Crippen molar-refractivity contribution in [1.29, 1.82) is 0 Å². The van der Waals surface area contributed by atoms with Gasteiger partial charge in [0.05, 0.1) is 4.90 Å². The van der Waals surface area contributed by atoms with Crippen molar-refractivity contribution in [3.8, 4) is 0 Å². The number of sulfonamides is 1. The van der Waals surface area contributed by atoms with Crippen molar-refractivity contribution in [3.05, 3.63) is 24.3 Å². The first-order valence-electron chi connectivity index (χ1n) is 13.2. The summed E-state index contributed by atoms with van der Waals surface area (Å²) in [4.78, 5) is 14.5. The lowest BCUT2D eigenvalue weighted by molar-refractivity contribution is -0.119. The number of anilines is 1. The van der Waals surface area contributed by atoms with Crippen LogP contribution in [0.15, 0.2) is 29.2 Å². The van der Waals surface area contributed by atoms with E-state index in [0.717, 1.165) is 25.9 Å². The maximum atomic E-state index is 12.8. The topological polar surface area (TPSA) is 81.8 Å². The quantitative estimate of drug-likeness (QED) is 0.244. The summed E-state index contributed by atoms with van der Waals surface area (Å²) in [6.07, 6.45) is 14.2. The molecular weight excluding hydrogens is 480 g/mol. The summed E-state index contributed by atoms with van der Waals surface area (Å²) in [7, 11) is -1.51. The molecule has 1 aromatic carbocycles. The maximum absolute atomic E-state index is 12.8. The van der Waals surface area contributed by atoms with Crippen molar-refractivity contribution >= 4 is 38.9 Å². The van der Waals surface area contributed by atoms with Crippen LogP contribution in [-0.2, 0) is 14.8 Å². The van der Waals surface area contributed by atoms with Crippen molar-refractivity contribution in [2.45, 2.75) is 88.9 Å². The summed E-state index contributed by atoms with van der Waals surface area (Å²) in [6.45, 7) is 4.69. The number of nitrogens with one attached hydrogen (secondary N) is 2. The first kappa shape index (κ1) is 29.7. The van der Waals surface area contributed by atoms with Crippen LogP contribution in [0, 0.1) is 0 Å². The molecule has 9 heteroatoms. The van der Waals surface area contributed by atoms with E-state index >= 15 is 0 Å². The van der Waals surface area contributed by atoms with E-state index in [1.54, 1.807) is 24.3 Å². The average Bonchev–Trinajstić information content (AvgIpc) is 2.83. The van der Waals surface area contributed by atoms with Gasteiger partial charge in [0.1, 0.15) is 0 Å².